The highest BCUT2D eigenvalue weighted by Crippen LogP contribution is 2.26. The van der Waals surface area contributed by atoms with E-state index in [1.165, 1.54) is 0 Å². The van der Waals surface area contributed by atoms with Gasteiger partial charge in [0, 0.05) is 36.8 Å². The minimum atomic E-state index is -0.263. The summed E-state index contributed by atoms with van der Waals surface area (Å²) in [4.78, 5) is 16.3. The first kappa shape index (κ1) is 17.3. The fourth-order valence-electron chi connectivity index (χ4n) is 2.13. The van der Waals surface area contributed by atoms with Crippen molar-refractivity contribution < 1.29 is 9.53 Å². The number of halogens is 2. The number of aromatic nitrogens is 3. The van der Waals surface area contributed by atoms with Gasteiger partial charge < -0.3 is 10.1 Å². The molecule has 1 amide bonds. The number of carbonyl (C=O) groups excluding carboxylic acids is 1. The lowest BCUT2D eigenvalue weighted by atomic mass is 10.2. The van der Waals surface area contributed by atoms with Crippen molar-refractivity contribution in [1.82, 2.24) is 20.1 Å². The summed E-state index contributed by atoms with van der Waals surface area (Å²) in [5, 5.41) is 7.76. The average Bonchev–Trinajstić information content (AvgIpc) is 3.15. The summed E-state index contributed by atoms with van der Waals surface area (Å²) in [6, 6.07) is 10.3. The maximum Gasteiger partial charge on any atom is 0.258 e. The standard InChI is InChI=1S/C17H14Cl2N4O2/c18-14-5-4-13(9-15(14)19)25-11-16(24)21-10-12-3-1-6-20-17(12)23-8-2-7-22-23/h1-9H,10-11H2,(H,21,24). The minimum Gasteiger partial charge on any atom is -0.484 e. The van der Waals surface area contributed by atoms with Gasteiger partial charge in [0.2, 0.25) is 0 Å². The number of ether oxygens (including phenoxy) is 1. The monoisotopic (exact) mass is 376 g/mol. The molecule has 25 heavy (non-hydrogen) atoms. The van der Waals surface area contributed by atoms with Gasteiger partial charge >= 0.3 is 0 Å². The molecule has 0 aliphatic carbocycles. The minimum absolute atomic E-state index is 0.130. The quantitative estimate of drug-likeness (QED) is 0.716. The van der Waals surface area contributed by atoms with Gasteiger partial charge in [-0.1, -0.05) is 29.3 Å². The van der Waals surface area contributed by atoms with E-state index >= 15 is 0 Å². The van der Waals surface area contributed by atoms with Crippen molar-refractivity contribution in [3.63, 3.8) is 0 Å². The van der Waals surface area contributed by atoms with E-state index in [1.807, 2.05) is 12.1 Å². The van der Waals surface area contributed by atoms with Crippen LogP contribution in [-0.4, -0.2) is 27.3 Å². The smallest absolute Gasteiger partial charge is 0.258 e. The number of nitrogens with one attached hydrogen (secondary N) is 1. The Hall–Kier alpha value is -2.57. The normalized spacial score (nSPS) is 10.5. The van der Waals surface area contributed by atoms with E-state index in [0.29, 0.717) is 28.2 Å². The van der Waals surface area contributed by atoms with Crippen molar-refractivity contribution in [2.24, 2.45) is 0 Å². The Morgan fingerprint density at radius 1 is 1.16 bits per heavy atom. The zero-order valence-electron chi connectivity index (χ0n) is 13.0. The van der Waals surface area contributed by atoms with Crippen LogP contribution < -0.4 is 10.1 Å². The lowest BCUT2D eigenvalue weighted by Crippen LogP contribution is -2.29. The molecular weight excluding hydrogens is 363 g/mol. The number of pyridine rings is 1. The highest BCUT2D eigenvalue weighted by Gasteiger charge is 2.09. The molecule has 8 heteroatoms. The summed E-state index contributed by atoms with van der Waals surface area (Å²) in [6.07, 6.45) is 5.14. The van der Waals surface area contributed by atoms with Crippen molar-refractivity contribution in [2.75, 3.05) is 6.61 Å². The lowest BCUT2D eigenvalue weighted by Gasteiger charge is -2.10. The maximum absolute atomic E-state index is 12.0. The Bertz CT molecular complexity index is 869. The third-order valence-corrected chi connectivity index (χ3v) is 4.06. The summed E-state index contributed by atoms with van der Waals surface area (Å²) in [7, 11) is 0. The summed E-state index contributed by atoms with van der Waals surface area (Å²) >= 11 is 11.7. The number of benzene rings is 1. The van der Waals surface area contributed by atoms with Crippen LogP contribution >= 0.6 is 23.2 Å². The molecule has 0 saturated carbocycles. The molecule has 0 bridgehead atoms. The fourth-order valence-corrected chi connectivity index (χ4v) is 2.42. The molecule has 0 unspecified atom stereocenters. The second-order valence-corrected chi connectivity index (χ2v) is 5.89. The molecule has 0 spiro atoms. The largest absolute Gasteiger partial charge is 0.484 e. The third-order valence-electron chi connectivity index (χ3n) is 3.33. The van der Waals surface area contributed by atoms with Crippen LogP contribution in [0.2, 0.25) is 10.0 Å². The maximum atomic E-state index is 12.0. The van der Waals surface area contributed by atoms with Crippen LogP contribution in [0.25, 0.3) is 5.82 Å². The third kappa shape index (κ3) is 4.49. The molecule has 0 radical (unpaired) electrons. The first-order valence-electron chi connectivity index (χ1n) is 7.42. The number of carbonyl (C=O) groups is 1. The number of hydrogen-bond acceptors (Lipinski definition) is 4. The van der Waals surface area contributed by atoms with Crippen LogP contribution in [0.5, 0.6) is 5.75 Å². The van der Waals surface area contributed by atoms with Crippen LogP contribution in [0.15, 0.2) is 55.0 Å². The molecule has 6 nitrogen and oxygen atoms in total. The lowest BCUT2D eigenvalue weighted by molar-refractivity contribution is -0.123. The molecule has 2 heterocycles. The summed E-state index contributed by atoms with van der Waals surface area (Å²) in [5.74, 6) is 0.878. The molecule has 2 aromatic heterocycles. The van der Waals surface area contributed by atoms with Crippen molar-refractivity contribution in [1.29, 1.82) is 0 Å². The Morgan fingerprint density at radius 3 is 2.80 bits per heavy atom. The van der Waals surface area contributed by atoms with Crippen LogP contribution in [0, 0.1) is 0 Å². The van der Waals surface area contributed by atoms with E-state index < -0.39 is 0 Å². The van der Waals surface area contributed by atoms with Gasteiger partial charge in [0.25, 0.3) is 5.91 Å². The highest BCUT2D eigenvalue weighted by molar-refractivity contribution is 6.42. The van der Waals surface area contributed by atoms with Gasteiger partial charge in [-0.05, 0) is 24.3 Å². The molecule has 0 atom stereocenters. The molecule has 0 fully saturated rings. The van der Waals surface area contributed by atoms with Gasteiger partial charge in [-0.3, -0.25) is 4.79 Å². The highest BCUT2D eigenvalue weighted by atomic mass is 35.5. The van der Waals surface area contributed by atoms with Gasteiger partial charge in [0.1, 0.15) is 5.75 Å². The molecule has 3 aromatic rings. The molecule has 128 valence electrons. The van der Waals surface area contributed by atoms with E-state index in [4.69, 9.17) is 27.9 Å². The number of amides is 1. The Morgan fingerprint density at radius 2 is 2.04 bits per heavy atom. The summed E-state index contributed by atoms with van der Waals surface area (Å²) in [6.45, 7) is 0.182. The van der Waals surface area contributed by atoms with Gasteiger partial charge in [0.05, 0.1) is 10.0 Å². The number of hydrogen-bond donors (Lipinski definition) is 1. The van der Waals surface area contributed by atoms with Crippen molar-refractivity contribution in [2.45, 2.75) is 6.54 Å². The zero-order chi connectivity index (χ0) is 17.6. The molecule has 0 saturated heterocycles. The van der Waals surface area contributed by atoms with E-state index in [1.54, 1.807) is 47.5 Å². The van der Waals surface area contributed by atoms with E-state index in [2.05, 4.69) is 15.4 Å². The van der Waals surface area contributed by atoms with Crippen LogP contribution in [0.3, 0.4) is 0 Å². The van der Waals surface area contributed by atoms with Gasteiger partial charge in [0.15, 0.2) is 12.4 Å². The molecular formula is C17H14Cl2N4O2. The van der Waals surface area contributed by atoms with Crippen molar-refractivity contribution >= 4 is 29.1 Å². The Balaban J connectivity index is 1.57. The first-order valence-corrected chi connectivity index (χ1v) is 8.17. The van der Waals surface area contributed by atoms with Crippen LogP contribution in [0.4, 0.5) is 0 Å². The number of rotatable bonds is 6. The zero-order valence-corrected chi connectivity index (χ0v) is 14.5. The number of nitrogens with zero attached hydrogens (tertiary/aromatic N) is 3. The SMILES string of the molecule is O=C(COc1ccc(Cl)c(Cl)c1)NCc1cccnc1-n1cccn1. The Labute approximate surface area is 154 Å². The van der Waals surface area contributed by atoms with Crippen molar-refractivity contribution in [3.8, 4) is 11.6 Å². The molecule has 0 aliphatic rings. The van der Waals surface area contributed by atoms with E-state index in [9.17, 15) is 4.79 Å². The topological polar surface area (TPSA) is 69.0 Å². The van der Waals surface area contributed by atoms with Crippen molar-refractivity contribution in [3.05, 3.63) is 70.6 Å². The predicted molar refractivity (Wildman–Crippen MR) is 95.2 cm³/mol. The van der Waals surface area contributed by atoms with Crippen LogP contribution in [-0.2, 0) is 11.3 Å². The summed E-state index contributed by atoms with van der Waals surface area (Å²) < 4.78 is 7.05. The van der Waals surface area contributed by atoms with E-state index in [-0.39, 0.29) is 12.5 Å². The Kier molecular flexibility index (Phi) is 5.53. The predicted octanol–water partition coefficient (Wildman–Crippen LogP) is 3.27. The second-order valence-electron chi connectivity index (χ2n) is 5.08. The van der Waals surface area contributed by atoms with Gasteiger partial charge in [-0.15, -0.1) is 0 Å². The van der Waals surface area contributed by atoms with Gasteiger partial charge in [-0.25, -0.2) is 9.67 Å². The van der Waals surface area contributed by atoms with Gasteiger partial charge in [-0.2, -0.15) is 5.10 Å². The van der Waals surface area contributed by atoms with Crippen LogP contribution in [0.1, 0.15) is 5.56 Å². The second kappa shape index (κ2) is 8.00. The summed E-state index contributed by atoms with van der Waals surface area (Å²) in [5.41, 5.74) is 0.842. The fraction of sp³-hybridized carbons (Fsp3) is 0.118. The van der Waals surface area contributed by atoms with E-state index in [0.717, 1.165) is 5.56 Å². The molecule has 0 aliphatic heterocycles. The average molecular weight is 377 g/mol. The molecule has 3 rings (SSSR count). The molecule has 1 aromatic carbocycles. The molecule has 1 N–H and O–H groups in total. The first-order chi connectivity index (χ1) is 12.1.